The average molecular weight is 355 g/mol. The lowest BCUT2D eigenvalue weighted by Crippen LogP contribution is -2.30. The van der Waals surface area contributed by atoms with Crippen LogP contribution in [0.15, 0.2) is 53.1 Å². The van der Waals surface area contributed by atoms with E-state index in [1.54, 1.807) is 6.07 Å². The van der Waals surface area contributed by atoms with Crippen LogP contribution >= 0.6 is 0 Å². The molecule has 3 rings (SSSR count). The van der Waals surface area contributed by atoms with Crippen molar-refractivity contribution in [2.24, 2.45) is 0 Å². The summed E-state index contributed by atoms with van der Waals surface area (Å²) >= 11 is 0. The molecule has 0 saturated carbocycles. The molecule has 0 aliphatic carbocycles. The number of nitrogens with one attached hydrogen (secondary N) is 1. The number of carbonyl (C=O) groups is 2. The van der Waals surface area contributed by atoms with Crippen molar-refractivity contribution >= 4 is 28.5 Å². The number of anilines is 1. The number of hydrogen-bond donors (Lipinski definition) is 1. The van der Waals surface area contributed by atoms with E-state index >= 15 is 0 Å². The average Bonchev–Trinajstić information content (AvgIpc) is 2.96. The minimum Gasteiger partial charge on any atom is -0.464 e. The highest BCUT2D eigenvalue weighted by Gasteiger charge is 2.19. The first-order valence-corrected chi connectivity index (χ1v) is 8.15. The smallest absolute Gasteiger partial charge is 0.311 e. The number of amides is 1. The highest BCUT2D eigenvalue weighted by molar-refractivity contribution is 5.95. The Morgan fingerprint density at radius 2 is 2.04 bits per heavy atom. The molecule has 1 unspecified atom stereocenters. The summed E-state index contributed by atoms with van der Waals surface area (Å²) in [5, 5.41) is 3.35. The molecular weight excluding hydrogens is 337 g/mol. The van der Waals surface area contributed by atoms with Gasteiger partial charge < -0.3 is 14.5 Å². The third-order valence-electron chi connectivity index (χ3n) is 3.92. The van der Waals surface area contributed by atoms with Crippen LogP contribution in [-0.2, 0) is 20.7 Å². The van der Waals surface area contributed by atoms with Crippen LogP contribution in [0.5, 0.6) is 0 Å². The maximum atomic E-state index is 13.1. The molecule has 0 bridgehead atoms. The molecule has 0 aliphatic rings. The SMILES string of the molecule is Cc1ccc2c(CC(=O)OC(C)C(=O)Nc3cccc(F)c3)coc2c1. The van der Waals surface area contributed by atoms with Crippen molar-refractivity contribution < 1.29 is 23.1 Å². The molecule has 0 saturated heterocycles. The summed E-state index contributed by atoms with van der Waals surface area (Å²) in [4.78, 5) is 24.2. The molecule has 6 heteroatoms. The van der Waals surface area contributed by atoms with Gasteiger partial charge in [-0.1, -0.05) is 18.2 Å². The van der Waals surface area contributed by atoms with Crippen LogP contribution in [0, 0.1) is 12.7 Å². The number of hydrogen-bond acceptors (Lipinski definition) is 4. The van der Waals surface area contributed by atoms with Gasteiger partial charge in [0.15, 0.2) is 6.10 Å². The van der Waals surface area contributed by atoms with Crippen LogP contribution in [0.1, 0.15) is 18.1 Å². The third-order valence-corrected chi connectivity index (χ3v) is 3.92. The van der Waals surface area contributed by atoms with Crippen molar-refractivity contribution in [1.82, 2.24) is 0 Å². The quantitative estimate of drug-likeness (QED) is 0.703. The first-order valence-electron chi connectivity index (χ1n) is 8.15. The van der Waals surface area contributed by atoms with E-state index in [0.717, 1.165) is 10.9 Å². The summed E-state index contributed by atoms with van der Waals surface area (Å²) in [5.74, 6) is -1.54. The van der Waals surface area contributed by atoms with E-state index < -0.39 is 23.8 Å². The van der Waals surface area contributed by atoms with E-state index in [0.29, 0.717) is 16.8 Å². The lowest BCUT2D eigenvalue weighted by Gasteiger charge is -2.13. The Kier molecular flexibility index (Phi) is 5.02. The number of fused-ring (bicyclic) bond motifs is 1. The summed E-state index contributed by atoms with van der Waals surface area (Å²) in [5.41, 5.74) is 2.75. The van der Waals surface area contributed by atoms with Crippen molar-refractivity contribution in [3.63, 3.8) is 0 Å². The number of ether oxygens (including phenoxy) is 1. The van der Waals surface area contributed by atoms with Gasteiger partial charge in [-0.15, -0.1) is 0 Å². The second-order valence-electron chi connectivity index (χ2n) is 6.07. The number of rotatable bonds is 5. The molecule has 1 N–H and O–H groups in total. The van der Waals surface area contributed by atoms with Gasteiger partial charge in [0.05, 0.1) is 12.7 Å². The van der Waals surface area contributed by atoms with Crippen LogP contribution in [-0.4, -0.2) is 18.0 Å². The highest BCUT2D eigenvalue weighted by atomic mass is 19.1. The molecule has 134 valence electrons. The van der Waals surface area contributed by atoms with E-state index in [1.165, 1.54) is 31.4 Å². The Labute approximate surface area is 149 Å². The van der Waals surface area contributed by atoms with Crippen molar-refractivity contribution in [2.75, 3.05) is 5.32 Å². The summed E-state index contributed by atoms with van der Waals surface area (Å²) in [7, 11) is 0. The molecule has 5 nitrogen and oxygen atoms in total. The second kappa shape index (κ2) is 7.39. The van der Waals surface area contributed by atoms with E-state index in [9.17, 15) is 14.0 Å². The number of esters is 1. The molecule has 1 aromatic heterocycles. The van der Waals surface area contributed by atoms with Crippen LogP contribution in [0.4, 0.5) is 10.1 Å². The summed E-state index contributed by atoms with van der Waals surface area (Å²) in [6.45, 7) is 3.41. The lowest BCUT2D eigenvalue weighted by atomic mass is 10.1. The van der Waals surface area contributed by atoms with E-state index in [-0.39, 0.29) is 6.42 Å². The van der Waals surface area contributed by atoms with E-state index in [1.807, 2.05) is 25.1 Å². The molecule has 0 radical (unpaired) electrons. The number of benzene rings is 2. The Morgan fingerprint density at radius 1 is 1.23 bits per heavy atom. The molecular formula is C20H18FNO4. The predicted molar refractivity (Wildman–Crippen MR) is 95.2 cm³/mol. The van der Waals surface area contributed by atoms with Gasteiger partial charge in [-0.2, -0.15) is 0 Å². The van der Waals surface area contributed by atoms with Crippen molar-refractivity contribution in [3.05, 3.63) is 65.7 Å². The monoisotopic (exact) mass is 355 g/mol. The fourth-order valence-corrected chi connectivity index (χ4v) is 2.59. The molecule has 0 fully saturated rings. The molecule has 2 aromatic carbocycles. The van der Waals surface area contributed by atoms with Crippen LogP contribution in [0.3, 0.4) is 0 Å². The molecule has 0 aliphatic heterocycles. The van der Waals surface area contributed by atoms with Gasteiger partial charge in [0.1, 0.15) is 11.4 Å². The number of carbonyl (C=O) groups excluding carboxylic acids is 2. The molecule has 26 heavy (non-hydrogen) atoms. The number of halogens is 1. The zero-order valence-electron chi connectivity index (χ0n) is 14.4. The van der Waals surface area contributed by atoms with Gasteiger partial charge >= 0.3 is 5.97 Å². The molecule has 1 amide bonds. The summed E-state index contributed by atoms with van der Waals surface area (Å²) in [6, 6.07) is 11.2. The Morgan fingerprint density at radius 3 is 2.81 bits per heavy atom. The Bertz CT molecular complexity index is 963. The largest absolute Gasteiger partial charge is 0.464 e. The minimum atomic E-state index is -1.01. The fourth-order valence-electron chi connectivity index (χ4n) is 2.59. The number of furan rings is 1. The Balaban J connectivity index is 1.60. The summed E-state index contributed by atoms with van der Waals surface area (Å²) in [6.07, 6.45) is 0.502. The van der Waals surface area contributed by atoms with Gasteiger partial charge in [-0.25, -0.2) is 4.39 Å². The third kappa shape index (κ3) is 4.08. The number of aryl methyl sites for hydroxylation is 1. The summed E-state index contributed by atoms with van der Waals surface area (Å²) < 4.78 is 23.8. The molecule has 1 atom stereocenters. The lowest BCUT2D eigenvalue weighted by molar-refractivity contribution is -0.152. The van der Waals surface area contributed by atoms with Gasteiger partial charge in [0.2, 0.25) is 0 Å². The topological polar surface area (TPSA) is 68.5 Å². The van der Waals surface area contributed by atoms with Gasteiger partial charge in [0.25, 0.3) is 5.91 Å². The highest BCUT2D eigenvalue weighted by Crippen LogP contribution is 2.23. The normalized spacial score (nSPS) is 12.0. The van der Waals surface area contributed by atoms with Gasteiger partial charge in [-0.05, 0) is 43.7 Å². The van der Waals surface area contributed by atoms with Gasteiger partial charge in [0, 0.05) is 16.6 Å². The van der Waals surface area contributed by atoms with Crippen LogP contribution in [0.25, 0.3) is 11.0 Å². The fraction of sp³-hybridized carbons (Fsp3) is 0.200. The van der Waals surface area contributed by atoms with Crippen molar-refractivity contribution in [2.45, 2.75) is 26.4 Å². The minimum absolute atomic E-state index is 0.00630. The van der Waals surface area contributed by atoms with Gasteiger partial charge in [-0.3, -0.25) is 9.59 Å². The Hall–Kier alpha value is -3.15. The maximum absolute atomic E-state index is 13.1. The van der Waals surface area contributed by atoms with Crippen molar-refractivity contribution in [3.8, 4) is 0 Å². The standard InChI is InChI=1S/C20H18FNO4/c1-12-6-7-17-14(11-25-18(17)8-12)9-19(23)26-13(2)20(24)22-16-5-3-4-15(21)10-16/h3-8,10-11,13H,9H2,1-2H3,(H,22,24). The first-order chi connectivity index (χ1) is 12.4. The second-order valence-corrected chi connectivity index (χ2v) is 6.07. The van der Waals surface area contributed by atoms with E-state index in [4.69, 9.17) is 9.15 Å². The predicted octanol–water partition coefficient (Wildman–Crippen LogP) is 3.99. The molecule has 3 aromatic rings. The van der Waals surface area contributed by atoms with Crippen LogP contribution < -0.4 is 5.32 Å². The maximum Gasteiger partial charge on any atom is 0.311 e. The molecule has 0 spiro atoms. The van der Waals surface area contributed by atoms with E-state index in [2.05, 4.69) is 5.32 Å². The molecule has 1 heterocycles. The zero-order valence-corrected chi connectivity index (χ0v) is 14.4. The van der Waals surface area contributed by atoms with Crippen LogP contribution in [0.2, 0.25) is 0 Å². The van der Waals surface area contributed by atoms with Crippen molar-refractivity contribution in [1.29, 1.82) is 0 Å². The zero-order chi connectivity index (χ0) is 18.7. The first kappa shape index (κ1) is 17.7.